The first-order valence-electron chi connectivity index (χ1n) is 6.57. The Bertz CT molecular complexity index is 252. The molecule has 0 spiro atoms. The monoisotopic (exact) mass is 258 g/mol. The average molecular weight is 258 g/mol. The van der Waals surface area contributed by atoms with Gasteiger partial charge in [0.1, 0.15) is 0 Å². The quantitative estimate of drug-likeness (QED) is 0.515. The maximum absolute atomic E-state index is 11.7. The van der Waals surface area contributed by atoms with E-state index in [1.54, 1.807) is 0 Å². The van der Waals surface area contributed by atoms with E-state index >= 15 is 0 Å². The van der Waals surface area contributed by atoms with Crippen molar-refractivity contribution in [1.29, 1.82) is 0 Å². The summed E-state index contributed by atoms with van der Waals surface area (Å²) in [7, 11) is 2.12. The molecule has 17 heavy (non-hydrogen) atoms. The van der Waals surface area contributed by atoms with E-state index in [4.69, 9.17) is 0 Å². The highest BCUT2D eigenvalue weighted by Crippen LogP contribution is 2.49. The molecule has 1 N–H and O–H groups in total. The first-order valence-corrected chi connectivity index (χ1v) is 7.20. The van der Waals surface area contributed by atoms with E-state index < -0.39 is 0 Å². The van der Waals surface area contributed by atoms with Crippen molar-refractivity contribution < 1.29 is 4.79 Å². The standard InChI is InChI=1S/C13H26N2OS/c1-11(2)15(3)8-4-7-14-12(16)9-13(10-17)5-6-13/h11,17H,4-10H2,1-3H3,(H,14,16). The smallest absolute Gasteiger partial charge is 0.220 e. The Kier molecular flexibility index (Phi) is 5.80. The predicted octanol–water partition coefficient (Wildman–Crippen LogP) is 1.93. The lowest BCUT2D eigenvalue weighted by atomic mass is 10.1. The van der Waals surface area contributed by atoms with Crippen LogP contribution >= 0.6 is 12.6 Å². The molecule has 0 aromatic heterocycles. The highest BCUT2D eigenvalue weighted by molar-refractivity contribution is 7.80. The molecule has 0 radical (unpaired) electrons. The van der Waals surface area contributed by atoms with Gasteiger partial charge in [-0.15, -0.1) is 0 Å². The van der Waals surface area contributed by atoms with Crippen LogP contribution in [0.4, 0.5) is 0 Å². The Morgan fingerprint density at radius 3 is 2.59 bits per heavy atom. The second-order valence-corrected chi connectivity index (χ2v) is 5.93. The van der Waals surface area contributed by atoms with Crippen molar-refractivity contribution in [1.82, 2.24) is 10.2 Å². The average Bonchev–Trinajstić information content (AvgIpc) is 3.04. The molecule has 1 rings (SSSR count). The van der Waals surface area contributed by atoms with Crippen molar-refractivity contribution >= 4 is 18.5 Å². The third-order valence-electron chi connectivity index (χ3n) is 3.72. The Hall–Kier alpha value is -0.220. The van der Waals surface area contributed by atoms with Crippen LogP contribution in [0.3, 0.4) is 0 Å². The minimum Gasteiger partial charge on any atom is -0.356 e. The van der Waals surface area contributed by atoms with Crippen LogP contribution in [0.5, 0.6) is 0 Å². The van der Waals surface area contributed by atoms with Gasteiger partial charge in [0.25, 0.3) is 0 Å². The van der Waals surface area contributed by atoms with Gasteiger partial charge in [0.15, 0.2) is 0 Å². The molecular weight excluding hydrogens is 232 g/mol. The van der Waals surface area contributed by atoms with Crippen LogP contribution < -0.4 is 5.32 Å². The zero-order valence-corrected chi connectivity index (χ0v) is 12.2. The molecule has 0 aromatic carbocycles. The number of hydrogen-bond donors (Lipinski definition) is 2. The molecule has 100 valence electrons. The van der Waals surface area contributed by atoms with E-state index in [0.29, 0.717) is 12.5 Å². The largest absolute Gasteiger partial charge is 0.356 e. The number of amides is 1. The molecule has 0 saturated heterocycles. The first kappa shape index (κ1) is 14.8. The molecule has 0 atom stereocenters. The topological polar surface area (TPSA) is 32.3 Å². The number of rotatable bonds is 8. The maximum Gasteiger partial charge on any atom is 0.220 e. The van der Waals surface area contributed by atoms with E-state index in [1.165, 1.54) is 12.8 Å². The van der Waals surface area contributed by atoms with Crippen molar-refractivity contribution in [3.05, 3.63) is 0 Å². The zero-order valence-electron chi connectivity index (χ0n) is 11.3. The Morgan fingerprint density at radius 1 is 1.47 bits per heavy atom. The third-order valence-corrected chi connectivity index (χ3v) is 4.39. The van der Waals surface area contributed by atoms with Gasteiger partial charge in [0.05, 0.1) is 0 Å². The SMILES string of the molecule is CC(C)N(C)CCCNC(=O)CC1(CS)CC1. The van der Waals surface area contributed by atoms with Crippen molar-refractivity contribution in [3.8, 4) is 0 Å². The lowest BCUT2D eigenvalue weighted by molar-refractivity contribution is -0.122. The van der Waals surface area contributed by atoms with Crippen molar-refractivity contribution in [2.75, 3.05) is 25.9 Å². The summed E-state index contributed by atoms with van der Waals surface area (Å²) in [5, 5.41) is 3.01. The summed E-state index contributed by atoms with van der Waals surface area (Å²) in [5.74, 6) is 1.04. The molecule has 1 aliphatic carbocycles. The van der Waals surface area contributed by atoms with Crippen molar-refractivity contribution in [2.24, 2.45) is 5.41 Å². The van der Waals surface area contributed by atoms with Gasteiger partial charge in [0, 0.05) is 19.0 Å². The maximum atomic E-state index is 11.7. The zero-order chi connectivity index (χ0) is 12.9. The van der Waals surface area contributed by atoms with Crippen molar-refractivity contribution in [2.45, 2.75) is 45.6 Å². The first-order chi connectivity index (χ1) is 7.99. The minimum atomic E-state index is 0.198. The molecule has 1 fully saturated rings. The predicted molar refractivity (Wildman–Crippen MR) is 75.5 cm³/mol. The van der Waals surface area contributed by atoms with Gasteiger partial charge >= 0.3 is 0 Å². The lowest BCUT2D eigenvalue weighted by Crippen LogP contribution is -2.32. The van der Waals surface area contributed by atoms with E-state index in [0.717, 1.165) is 25.3 Å². The summed E-state index contributed by atoms with van der Waals surface area (Å²) in [6.07, 6.45) is 4.02. The number of carbonyl (C=O) groups excluding carboxylic acids is 1. The van der Waals surface area contributed by atoms with Gasteiger partial charge in [-0.05, 0) is 57.9 Å². The number of hydrogen-bond acceptors (Lipinski definition) is 3. The van der Waals surface area contributed by atoms with Crippen molar-refractivity contribution in [3.63, 3.8) is 0 Å². The van der Waals surface area contributed by atoms with Gasteiger partial charge in [0.2, 0.25) is 5.91 Å². The van der Waals surface area contributed by atoms with Gasteiger partial charge in [-0.2, -0.15) is 12.6 Å². The van der Waals surface area contributed by atoms with Gasteiger partial charge in [-0.3, -0.25) is 4.79 Å². The third kappa shape index (κ3) is 5.30. The molecule has 0 heterocycles. The van der Waals surface area contributed by atoms with Crippen LogP contribution in [0.25, 0.3) is 0 Å². The molecule has 1 saturated carbocycles. The van der Waals surface area contributed by atoms with Crippen LogP contribution in [0.2, 0.25) is 0 Å². The molecule has 1 amide bonds. The van der Waals surface area contributed by atoms with E-state index in [9.17, 15) is 4.79 Å². The molecule has 0 unspecified atom stereocenters. The summed E-state index contributed by atoms with van der Waals surface area (Å²) < 4.78 is 0. The Balaban J connectivity index is 2.05. The molecule has 3 nitrogen and oxygen atoms in total. The second-order valence-electron chi connectivity index (χ2n) is 5.61. The van der Waals surface area contributed by atoms with Crippen LogP contribution in [0.1, 0.15) is 39.5 Å². The molecule has 0 bridgehead atoms. The molecule has 0 aliphatic heterocycles. The van der Waals surface area contributed by atoms with Crippen LogP contribution in [0, 0.1) is 5.41 Å². The summed E-state index contributed by atoms with van der Waals surface area (Å²) in [6, 6.07) is 0.574. The minimum absolute atomic E-state index is 0.198. The molecule has 0 aromatic rings. The van der Waals surface area contributed by atoms with Crippen LogP contribution in [-0.4, -0.2) is 42.7 Å². The highest BCUT2D eigenvalue weighted by Gasteiger charge is 2.42. The van der Waals surface area contributed by atoms with Gasteiger partial charge in [-0.25, -0.2) is 0 Å². The highest BCUT2D eigenvalue weighted by atomic mass is 32.1. The van der Waals surface area contributed by atoms with Gasteiger partial charge in [-0.1, -0.05) is 0 Å². The number of thiol groups is 1. The Labute approximate surface area is 111 Å². The molecule has 1 aliphatic rings. The summed E-state index contributed by atoms with van der Waals surface area (Å²) in [4.78, 5) is 14.0. The number of nitrogens with zero attached hydrogens (tertiary/aromatic N) is 1. The van der Waals surface area contributed by atoms with Crippen LogP contribution in [0.15, 0.2) is 0 Å². The normalized spacial score (nSPS) is 17.5. The fourth-order valence-corrected chi connectivity index (χ4v) is 2.21. The molecule has 4 heteroatoms. The lowest BCUT2D eigenvalue weighted by Gasteiger charge is -2.20. The number of carbonyl (C=O) groups is 1. The second kappa shape index (κ2) is 6.64. The Morgan fingerprint density at radius 2 is 2.12 bits per heavy atom. The fourth-order valence-electron chi connectivity index (χ4n) is 1.79. The van der Waals surface area contributed by atoms with E-state index in [-0.39, 0.29) is 11.3 Å². The number of nitrogens with one attached hydrogen (secondary N) is 1. The van der Waals surface area contributed by atoms with E-state index in [2.05, 4.69) is 43.7 Å². The molecular formula is C13H26N2OS. The summed E-state index contributed by atoms with van der Waals surface area (Å²) in [5.41, 5.74) is 0.238. The summed E-state index contributed by atoms with van der Waals surface area (Å²) in [6.45, 7) is 6.19. The van der Waals surface area contributed by atoms with Crippen LogP contribution in [-0.2, 0) is 4.79 Å². The summed E-state index contributed by atoms with van der Waals surface area (Å²) >= 11 is 4.31. The van der Waals surface area contributed by atoms with Gasteiger partial charge < -0.3 is 10.2 Å². The van der Waals surface area contributed by atoms with E-state index in [1.807, 2.05) is 0 Å². The fraction of sp³-hybridized carbons (Fsp3) is 0.923.